The average molecular weight is 334 g/mol. The quantitative estimate of drug-likeness (QED) is 0.565. The molecule has 0 saturated carbocycles. The number of amides is 2. The number of methoxy groups -OCH3 is 1. The highest BCUT2D eigenvalue weighted by molar-refractivity contribution is 5.86. The second-order valence-corrected chi connectivity index (χ2v) is 6.83. The van der Waals surface area contributed by atoms with Gasteiger partial charge in [-0.1, -0.05) is 5.06 Å². The van der Waals surface area contributed by atoms with E-state index in [4.69, 9.17) is 19.0 Å². The maximum atomic E-state index is 12.1. The van der Waals surface area contributed by atoms with Gasteiger partial charge in [0.05, 0.1) is 13.2 Å². The molecule has 0 aliphatic carbocycles. The summed E-state index contributed by atoms with van der Waals surface area (Å²) in [6, 6.07) is 0. The molecule has 8 nitrogen and oxygen atoms in total. The van der Waals surface area contributed by atoms with Gasteiger partial charge in [-0.25, -0.2) is 9.59 Å². The molecule has 1 N–H and O–H groups in total. The van der Waals surface area contributed by atoms with Crippen molar-refractivity contribution in [3.8, 4) is 0 Å². The molecule has 0 heterocycles. The molecule has 2 amide bonds. The molecule has 0 radical (unpaired) electrons. The van der Waals surface area contributed by atoms with Crippen molar-refractivity contribution in [1.82, 2.24) is 10.4 Å². The Balaban J connectivity index is 4.61. The Labute approximate surface area is 138 Å². The fourth-order valence-electron chi connectivity index (χ4n) is 1.30. The van der Waals surface area contributed by atoms with Crippen LogP contribution in [0.25, 0.3) is 0 Å². The predicted molar refractivity (Wildman–Crippen MR) is 85.0 cm³/mol. The van der Waals surface area contributed by atoms with Crippen LogP contribution in [-0.4, -0.2) is 61.9 Å². The van der Waals surface area contributed by atoms with E-state index in [0.29, 0.717) is 24.8 Å². The molecule has 136 valence electrons. The number of hydrogen-bond acceptors (Lipinski definition) is 7. The molecule has 0 atom stereocenters. The van der Waals surface area contributed by atoms with Gasteiger partial charge in [0.25, 0.3) is 0 Å². The summed E-state index contributed by atoms with van der Waals surface area (Å²) in [5.74, 6) is 0. The highest BCUT2D eigenvalue weighted by atomic mass is 16.8. The Morgan fingerprint density at radius 1 is 0.870 bits per heavy atom. The number of rotatable bonds is 7. The van der Waals surface area contributed by atoms with E-state index in [1.54, 1.807) is 48.7 Å². The lowest BCUT2D eigenvalue weighted by Gasteiger charge is -2.27. The van der Waals surface area contributed by atoms with Crippen molar-refractivity contribution in [2.75, 3.05) is 33.4 Å². The predicted octanol–water partition coefficient (Wildman–Crippen LogP) is 2.33. The van der Waals surface area contributed by atoms with Crippen molar-refractivity contribution in [2.24, 2.45) is 0 Å². The number of nitrogens with one attached hydrogen (secondary N) is 1. The van der Waals surface area contributed by atoms with E-state index in [1.165, 1.54) is 0 Å². The van der Waals surface area contributed by atoms with Crippen molar-refractivity contribution in [2.45, 2.75) is 52.7 Å². The first-order chi connectivity index (χ1) is 10.5. The van der Waals surface area contributed by atoms with Gasteiger partial charge in [0.2, 0.25) is 0 Å². The van der Waals surface area contributed by atoms with Gasteiger partial charge in [-0.05, 0) is 41.5 Å². The summed E-state index contributed by atoms with van der Waals surface area (Å²) in [5.41, 5.74) is -1.51. The molecule has 0 aromatic rings. The minimum absolute atomic E-state index is 0.0994. The van der Waals surface area contributed by atoms with Gasteiger partial charge in [0.1, 0.15) is 11.2 Å². The van der Waals surface area contributed by atoms with E-state index in [0.717, 1.165) is 0 Å². The lowest BCUT2D eigenvalue weighted by Crippen LogP contribution is -2.44. The molecule has 0 unspecified atom stereocenters. The first-order valence-electron chi connectivity index (χ1n) is 7.55. The number of hydroxylamine groups is 2. The van der Waals surface area contributed by atoms with Crippen LogP contribution >= 0.6 is 0 Å². The molecular formula is C15H30N2O6. The van der Waals surface area contributed by atoms with Crippen molar-refractivity contribution >= 4 is 12.2 Å². The van der Waals surface area contributed by atoms with Crippen molar-refractivity contribution in [3.05, 3.63) is 0 Å². The fourth-order valence-corrected chi connectivity index (χ4v) is 1.30. The molecule has 0 rings (SSSR count). The third kappa shape index (κ3) is 11.8. The van der Waals surface area contributed by atoms with Gasteiger partial charge < -0.3 is 19.5 Å². The fraction of sp³-hybridized carbons (Fsp3) is 0.867. The van der Waals surface area contributed by atoms with Gasteiger partial charge in [-0.2, -0.15) is 0 Å². The Morgan fingerprint density at radius 2 is 1.30 bits per heavy atom. The summed E-state index contributed by atoms with van der Waals surface area (Å²) in [5, 5.41) is 3.54. The van der Waals surface area contributed by atoms with E-state index in [-0.39, 0.29) is 6.61 Å². The second-order valence-electron chi connectivity index (χ2n) is 6.83. The number of ether oxygens (including phenoxy) is 3. The van der Waals surface area contributed by atoms with E-state index in [2.05, 4.69) is 5.32 Å². The molecule has 0 aromatic carbocycles. The molecule has 0 fully saturated rings. The van der Waals surface area contributed by atoms with E-state index in [9.17, 15) is 9.59 Å². The monoisotopic (exact) mass is 334 g/mol. The highest BCUT2D eigenvalue weighted by Crippen LogP contribution is 2.14. The summed E-state index contributed by atoms with van der Waals surface area (Å²) in [7, 11) is 1.60. The lowest BCUT2D eigenvalue weighted by atomic mass is 10.2. The Kier molecular flexibility index (Phi) is 9.11. The van der Waals surface area contributed by atoms with Gasteiger partial charge >= 0.3 is 12.2 Å². The molecule has 0 aliphatic heterocycles. The van der Waals surface area contributed by atoms with Crippen LogP contribution < -0.4 is 5.32 Å². The van der Waals surface area contributed by atoms with Gasteiger partial charge in [0, 0.05) is 20.2 Å². The van der Waals surface area contributed by atoms with Crippen molar-refractivity contribution < 1.29 is 28.6 Å². The average Bonchev–Trinajstić information content (AvgIpc) is 2.33. The number of carbonyl (C=O) groups excluding carboxylic acids is 2. The number of imide groups is 1. The molecule has 8 heteroatoms. The van der Waals surface area contributed by atoms with Crippen LogP contribution in [0.2, 0.25) is 0 Å². The zero-order valence-corrected chi connectivity index (χ0v) is 15.2. The number of nitrogens with zero attached hydrogens (tertiary/aromatic N) is 1. The maximum absolute atomic E-state index is 12.1. The topological polar surface area (TPSA) is 86.3 Å². The van der Waals surface area contributed by atoms with Gasteiger partial charge in [-0.15, -0.1) is 0 Å². The van der Waals surface area contributed by atoms with Crippen molar-refractivity contribution in [3.63, 3.8) is 0 Å². The van der Waals surface area contributed by atoms with Crippen LogP contribution in [0.1, 0.15) is 41.5 Å². The minimum atomic E-state index is -0.913. The summed E-state index contributed by atoms with van der Waals surface area (Å²) >= 11 is 0. The Morgan fingerprint density at radius 3 is 1.70 bits per heavy atom. The van der Waals surface area contributed by atoms with Gasteiger partial charge in [0.15, 0.2) is 0 Å². The number of hydrogen-bond donors (Lipinski definition) is 1. The van der Waals surface area contributed by atoms with E-state index in [1.807, 2.05) is 0 Å². The molecule has 0 saturated heterocycles. The molecular weight excluding hydrogens is 304 g/mol. The normalized spacial score (nSPS) is 12.0. The first kappa shape index (κ1) is 21.6. The summed E-state index contributed by atoms with van der Waals surface area (Å²) < 4.78 is 15.2. The SMILES string of the molecule is COCCNCCON(C(=O)OC(C)(C)C)C(=O)OC(C)(C)C. The molecule has 0 bridgehead atoms. The summed E-state index contributed by atoms with van der Waals surface area (Å²) in [4.78, 5) is 29.4. The highest BCUT2D eigenvalue weighted by Gasteiger charge is 2.32. The second kappa shape index (κ2) is 9.69. The van der Waals surface area contributed by atoms with E-state index >= 15 is 0 Å². The van der Waals surface area contributed by atoms with E-state index < -0.39 is 23.4 Å². The van der Waals surface area contributed by atoms with Crippen LogP contribution in [0.15, 0.2) is 0 Å². The third-order valence-electron chi connectivity index (χ3n) is 2.10. The first-order valence-corrected chi connectivity index (χ1v) is 7.55. The standard InChI is InChI=1S/C15H30N2O6/c1-14(2,3)22-12(18)17(13(19)23-15(4,5)6)21-11-9-16-8-10-20-7/h16H,8-11H2,1-7H3. The van der Waals surface area contributed by atoms with Crippen LogP contribution in [0.3, 0.4) is 0 Å². The molecule has 23 heavy (non-hydrogen) atoms. The van der Waals surface area contributed by atoms with Gasteiger partial charge in [-0.3, -0.25) is 4.84 Å². The molecule has 0 aliphatic rings. The zero-order valence-electron chi connectivity index (χ0n) is 15.2. The molecule has 0 spiro atoms. The van der Waals surface area contributed by atoms with Crippen LogP contribution in [0, 0.1) is 0 Å². The third-order valence-corrected chi connectivity index (χ3v) is 2.10. The van der Waals surface area contributed by atoms with Crippen LogP contribution in [0.4, 0.5) is 9.59 Å². The number of carbonyl (C=O) groups is 2. The van der Waals surface area contributed by atoms with Crippen LogP contribution in [-0.2, 0) is 19.0 Å². The summed E-state index contributed by atoms with van der Waals surface area (Å²) in [6.07, 6.45) is -1.83. The zero-order chi connectivity index (χ0) is 18.1. The smallest absolute Gasteiger partial charge is 0.442 e. The Hall–Kier alpha value is -1.38. The summed E-state index contributed by atoms with van der Waals surface area (Å²) in [6.45, 7) is 11.9. The van der Waals surface area contributed by atoms with Crippen molar-refractivity contribution in [1.29, 1.82) is 0 Å². The maximum Gasteiger partial charge on any atom is 0.444 e. The Bertz CT molecular complexity index is 345. The van der Waals surface area contributed by atoms with Crippen LogP contribution in [0.5, 0.6) is 0 Å². The lowest BCUT2D eigenvalue weighted by molar-refractivity contribution is -0.137. The largest absolute Gasteiger partial charge is 0.444 e. The molecule has 0 aromatic heterocycles. The minimum Gasteiger partial charge on any atom is -0.442 e.